The van der Waals surface area contributed by atoms with Gasteiger partial charge in [0, 0.05) is 19.2 Å². The summed E-state index contributed by atoms with van der Waals surface area (Å²) in [5, 5.41) is 15.4. The number of anilines is 1. The van der Waals surface area contributed by atoms with Crippen molar-refractivity contribution in [3.8, 4) is 0 Å². The van der Waals surface area contributed by atoms with Crippen molar-refractivity contribution in [1.82, 2.24) is 9.73 Å². The lowest BCUT2D eigenvalue weighted by atomic mass is 10.1. The van der Waals surface area contributed by atoms with Crippen molar-refractivity contribution in [3.05, 3.63) is 95.6 Å². The van der Waals surface area contributed by atoms with Gasteiger partial charge in [-0.2, -0.15) is 9.41 Å². The van der Waals surface area contributed by atoms with E-state index in [1.165, 1.54) is 61.7 Å². The number of amides is 2. The molecule has 0 atom stereocenters. The van der Waals surface area contributed by atoms with E-state index in [0.29, 0.717) is 17.7 Å². The number of nitrogens with zero attached hydrogens (tertiary/aromatic N) is 2. The van der Waals surface area contributed by atoms with E-state index >= 15 is 0 Å². The largest absolute Gasteiger partial charge is 0.478 e. The van der Waals surface area contributed by atoms with Crippen LogP contribution in [0.1, 0.15) is 28.4 Å². The predicted octanol–water partition coefficient (Wildman–Crippen LogP) is 2.73. The fourth-order valence-corrected chi connectivity index (χ4v) is 4.73. The predicted molar refractivity (Wildman–Crippen MR) is 139 cm³/mol. The maximum atomic E-state index is 13.4. The second kappa shape index (κ2) is 12.6. The fourth-order valence-electron chi connectivity index (χ4n) is 3.33. The minimum atomic E-state index is -4.05. The quantitative estimate of drug-likeness (QED) is 0.261. The van der Waals surface area contributed by atoms with Crippen LogP contribution in [0.25, 0.3) is 0 Å². The van der Waals surface area contributed by atoms with Gasteiger partial charge in [0.15, 0.2) is 0 Å². The average molecular weight is 523 g/mol. The number of hydrogen-bond donors (Lipinski definition) is 3. The van der Waals surface area contributed by atoms with E-state index in [1.807, 2.05) is 30.3 Å². The number of aromatic carboxylic acids is 1. The third kappa shape index (κ3) is 8.09. The first-order valence-corrected chi connectivity index (χ1v) is 12.7. The van der Waals surface area contributed by atoms with Crippen molar-refractivity contribution in [2.75, 3.05) is 18.4 Å². The van der Waals surface area contributed by atoms with Crippen LogP contribution in [-0.4, -0.2) is 54.9 Å². The molecule has 0 aromatic heterocycles. The van der Waals surface area contributed by atoms with E-state index in [4.69, 9.17) is 5.11 Å². The molecule has 0 aliphatic heterocycles. The average Bonchev–Trinajstić information content (AvgIpc) is 2.87. The first-order valence-electron chi connectivity index (χ1n) is 11.2. The lowest BCUT2D eigenvalue weighted by Gasteiger charge is -2.21. The first-order chi connectivity index (χ1) is 17.6. The van der Waals surface area contributed by atoms with Crippen molar-refractivity contribution in [3.63, 3.8) is 0 Å². The zero-order chi connectivity index (χ0) is 26.8. The van der Waals surface area contributed by atoms with Gasteiger partial charge in [0.2, 0.25) is 15.9 Å². The van der Waals surface area contributed by atoms with E-state index in [1.54, 1.807) is 0 Å². The Kier molecular flexibility index (Phi) is 9.25. The van der Waals surface area contributed by atoms with Gasteiger partial charge in [-0.05, 0) is 53.9 Å². The summed E-state index contributed by atoms with van der Waals surface area (Å²) in [4.78, 5) is 34.8. The van der Waals surface area contributed by atoms with Gasteiger partial charge < -0.3 is 10.4 Å². The first kappa shape index (κ1) is 27.2. The molecule has 0 bridgehead atoms. The smallest absolute Gasteiger partial charge is 0.335 e. The molecule has 0 spiro atoms. The lowest BCUT2D eigenvalue weighted by Crippen LogP contribution is -2.40. The van der Waals surface area contributed by atoms with Crippen molar-refractivity contribution in [1.29, 1.82) is 0 Å². The number of carbonyl (C=O) groups excluding carboxylic acids is 2. The summed E-state index contributed by atoms with van der Waals surface area (Å²) in [5.41, 5.74) is 4.34. The van der Waals surface area contributed by atoms with Gasteiger partial charge in [-0.15, -0.1) is 0 Å². The molecule has 3 rings (SSSR count). The second-order valence-electron chi connectivity index (χ2n) is 8.00. The Balaban J connectivity index is 1.73. The number of benzene rings is 3. The molecular weight excluding hydrogens is 496 g/mol. The van der Waals surface area contributed by atoms with E-state index in [2.05, 4.69) is 15.8 Å². The van der Waals surface area contributed by atoms with Gasteiger partial charge >= 0.3 is 5.97 Å². The Labute approximate surface area is 214 Å². The maximum absolute atomic E-state index is 13.4. The van der Waals surface area contributed by atoms with Crippen LogP contribution in [0.4, 0.5) is 5.69 Å². The van der Waals surface area contributed by atoms with Crippen LogP contribution in [0, 0.1) is 0 Å². The van der Waals surface area contributed by atoms with Gasteiger partial charge in [0.05, 0.1) is 23.2 Å². The molecule has 0 radical (unpaired) electrons. The van der Waals surface area contributed by atoms with E-state index in [0.717, 1.165) is 9.87 Å². The lowest BCUT2D eigenvalue weighted by molar-refractivity contribution is -0.121. The molecule has 11 heteroatoms. The van der Waals surface area contributed by atoms with Gasteiger partial charge in [-0.25, -0.2) is 18.6 Å². The van der Waals surface area contributed by atoms with Crippen LogP contribution in [0.2, 0.25) is 0 Å². The summed E-state index contributed by atoms with van der Waals surface area (Å²) in [7, 11) is -4.05. The third-order valence-corrected chi connectivity index (χ3v) is 7.05. The zero-order valence-corrected chi connectivity index (χ0v) is 20.8. The van der Waals surface area contributed by atoms with Crippen LogP contribution < -0.4 is 10.7 Å². The molecule has 0 aliphatic rings. The summed E-state index contributed by atoms with van der Waals surface area (Å²) in [6.45, 7) is 0.924. The molecule has 0 fully saturated rings. The number of sulfonamides is 1. The van der Waals surface area contributed by atoms with Crippen LogP contribution >= 0.6 is 0 Å². The van der Waals surface area contributed by atoms with Crippen molar-refractivity contribution < 1.29 is 27.9 Å². The monoisotopic (exact) mass is 522 g/mol. The van der Waals surface area contributed by atoms with Crippen molar-refractivity contribution >= 4 is 39.7 Å². The number of hydrogen-bond acceptors (Lipinski definition) is 6. The van der Waals surface area contributed by atoms with Crippen molar-refractivity contribution in [2.45, 2.75) is 18.2 Å². The highest BCUT2D eigenvalue weighted by molar-refractivity contribution is 7.89. The minimum Gasteiger partial charge on any atom is -0.478 e. The van der Waals surface area contributed by atoms with Gasteiger partial charge in [0.25, 0.3) is 5.91 Å². The van der Waals surface area contributed by atoms with Crippen molar-refractivity contribution in [2.24, 2.45) is 5.10 Å². The summed E-state index contributed by atoms with van der Waals surface area (Å²) >= 11 is 0. The highest BCUT2D eigenvalue weighted by atomic mass is 32.2. The number of rotatable bonds is 11. The molecule has 2 amide bonds. The molecular formula is C26H26N4O6S. The zero-order valence-electron chi connectivity index (χ0n) is 20.0. The number of nitrogens with one attached hydrogen (secondary N) is 2. The van der Waals surface area contributed by atoms with Crippen LogP contribution in [0.5, 0.6) is 0 Å². The number of hydrazone groups is 1. The SMILES string of the molecule is CC(=O)Nc1ccc(S(=O)(=O)N(CCc2ccccc2)CC(=O)NN=Cc2ccc(C(=O)O)cc2)cc1. The topological polar surface area (TPSA) is 145 Å². The molecule has 37 heavy (non-hydrogen) atoms. The normalized spacial score (nSPS) is 11.4. The van der Waals surface area contributed by atoms with Gasteiger partial charge in [-0.1, -0.05) is 42.5 Å². The summed E-state index contributed by atoms with van der Waals surface area (Å²) < 4.78 is 27.8. The molecule has 3 N–H and O–H groups in total. The Morgan fingerprint density at radius 2 is 1.59 bits per heavy atom. The highest BCUT2D eigenvalue weighted by Gasteiger charge is 2.26. The Hall–Kier alpha value is -4.35. The molecule has 0 unspecified atom stereocenters. The highest BCUT2D eigenvalue weighted by Crippen LogP contribution is 2.19. The number of carboxylic acid groups (broad SMARTS) is 1. The molecule has 0 heterocycles. The van der Waals surface area contributed by atoms with E-state index in [9.17, 15) is 22.8 Å². The van der Waals surface area contributed by atoms with Gasteiger partial charge in [-0.3, -0.25) is 9.59 Å². The van der Waals surface area contributed by atoms with Crippen LogP contribution in [0.15, 0.2) is 88.9 Å². The maximum Gasteiger partial charge on any atom is 0.335 e. The molecule has 0 saturated heterocycles. The Morgan fingerprint density at radius 1 is 0.946 bits per heavy atom. The fraction of sp³-hybridized carbons (Fsp3) is 0.154. The Morgan fingerprint density at radius 3 is 2.19 bits per heavy atom. The third-order valence-electron chi connectivity index (χ3n) is 5.19. The summed E-state index contributed by atoms with van der Waals surface area (Å²) in [6, 6.07) is 20.8. The number of carbonyl (C=O) groups is 3. The molecule has 3 aromatic carbocycles. The summed E-state index contributed by atoms with van der Waals surface area (Å²) in [6.07, 6.45) is 1.71. The second-order valence-corrected chi connectivity index (χ2v) is 9.94. The molecule has 0 aliphatic carbocycles. The van der Waals surface area contributed by atoms with Crippen LogP contribution in [-0.2, 0) is 26.0 Å². The molecule has 3 aromatic rings. The van der Waals surface area contributed by atoms with E-state index in [-0.39, 0.29) is 22.9 Å². The molecule has 0 saturated carbocycles. The summed E-state index contributed by atoms with van der Waals surface area (Å²) in [5.74, 6) is -1.99. The Bertz CT molecular complexity index is 1370. The van der Waals surface area contributed by atoms with Crippen LogP contribution in [0.3, 0.4) is 0 Å². The molecule has 192 valence electrons. The standard InChI is InChI=1S/C26H26N4O6S/c1-19(31)28-23-11-13-24(14-12-23)37(35,36)30(16-15-20-5-3-2-4-6-20)18-25(32)29-27-17-21-7-9-22(10-8-21)26(33)34/h2-14,17H,15-16,18H2,1H3,(H,28,31)(H,29,32)(H,33,34). The number of carboxylic acids is 1. The van der Waals surface area contributed by atoms with Gasteiger partial charge in [0.1, 0.15) is 0 Å². The minimum absolute atomic E-state index is 0.0236. The molecule has 10 nitrogen and oxygen atoms in total. The van der Waals surface area contributed by atoms with E-state index < -0.39 is 28.4 Å².